The van der Waals surface area contributed by atoms with Gasteiger partial charge in [0.2, 0.25) is 5.95 Å². The molecule has 2 heterocycles. The van der Waals surface area contributed by atoms with Gasteiger partial charge in [0.15, 0.2) is 0 Å². The summed E-state index contributed by atoms with van der Waals surface area (Å²) in [6, 6.07) is 22.9. The molecule has 0 spiro atoms. The molecule has 33 heavy (non-hydrogen) atoms. The summed E-state index contributed by atoms with van der Waals surface area (Å²) >= 11 is 1.75. The molecule has 0 saturated carbocycles. The average molecular weight is 459 g/mol. The standard InChI is InChI=1S/C27H30N4OS/c1-4-14-31(19-23(30(2)3)15-20-10-6-5-7-11-20)27-28-22(18-26(32)29-27)17-24-16-21-12-8-9-13-25(21)33-24/h4-13,16,18,23H,1,14-15,17,19H2,2-3H3,(H,28,29,32)/t23-/m1/s1. The second-order valence-electron chi connectivity index (χ2n) is 8.49. The molecule has 0 unspecified atom stereocenters. The average Bonchev–Trinajstić information content (AvgIpc) is 3.20. The van der Waals surface area contributed by atoms with Gasteiger partial charge < -0.3 is 9.80 Å². The zero-order valence-corrected chi connectivity index (χ0v) is 20.0. The van der Waals surface area contributed by atoms with Crippen LogP contribution < -0.4 is 10.5 Å². The molecule has 0 saturated heterocycles. The molecule has 0 aliphatic heterocycles. The number of thiophene rings is 1. The number of aromatic nitrogens is 2. The second-order valence-corrected chi connectivity index (χ2v) is 9.66. The Morgan fingerprint density at radius 1 is 1.09 bits per heavy atom. The molecule has 0 bridgehead atoms. The molecule has 4 rings (SSSR count). The quantitative estimate of drug-likeness (QED) is 0.349. The lowest BCUT2D eigenvalue weighted by Crippen LogP contribution is -2.43. The number of nitrogens with zero attached hydrogens (tertiary/aromatic N) is 3. The lowest BCUT2D eigenvalue weighted by Gasteiger charge is -2.31. The maximum atomic E-state index is 12.5. The van der Waals surface area contributed by atoms with Crippen molar-refractivity contribution in [3.05, 3.63) is 106 Å². The van der Waals surface area contributed by atoms with Crippen LogP contribution in [0.3, 0.4) is 0 Å². The molecule has 1 N–H and O–H groups in total. The Hall–Kier alpha value is -3.22. The Balaban J connectivity index is 1.58. The van der Waals surface area contributed by atoms with Gasteiger partial charge in [-0.1, -0.05) is 54.6 Å². The summed E-state index contributed by atoms with van der Waals surface area (Å²) < 4.78 is 1.25. The van der Waals surface area contributed by atoms with E-state index in [0.29, 0.717) is 18.9 Å². The highest BCUT2D eigenvalue weighted by molar-refractivity contribution is 7.19. The minimum Gasteiger partial charge on any atom is -0.337 e. The Morgan fingerprint density at radius 2 is 1.85 bits per heavy atom. The van der Waals surface area contributed by atoms with Gasteiger partial charge in [-0.05, 0) is 43.6 Å². The highest BCUT2D eigenvalue weighted by Crippen LogP contribution is 2.27. The third-order valence-corrected chi connectivity index (χ3v) is 6.85. The molecule has 1 atom stereocenters. The molecule has 0 aliphatic rings. The fraction of sp³-hybridized carbons (Fsp3) is 0.259. The predicted octanol–water partition coefficient (Wildman–Crippen LogP) is 4.74. The summed E-state index contributed by atoms with van der Waals surface area (Å²) in [7, 11) is 4.18. The van der Waals surface area contributed by atoms with E-state index in [0.717, 1.165) is 18.7 Å². The molecule has 0 aliphatic carbocycles. The van der Waals surface area contributed by atoms with Gasteiger partial charge in [0.05, 0.1) is 5.69 Å². The van der Waals surface area contributed by atoms with Crippen LogP contribution in [-0.4, -0.2) is 48.1 Å². The maximum absolute atomic E-state index is 12.5. The molecule has 5 nitrogen and oxygen atoms in total. The number of rotatable bonds is 10. The van der Waals surface area contributed by atoms with E-state index in [1.54, 1.807) is 17.4 Å². The van der Waals surface area contributed by atoms with E-state index in [9.17, 15) is 4.79 Å². The lowest BCUT2D eigenvalue weighted by molar-refractivity contribution is 0.293. The van der Waals surface area contributed by atoms with Gasteiger partial charge >= 0.3 is 0 Å². The van der Waals surface area contributed by atoms with Crippen molar-refractivity contribution in [1.29, 1.82) is 0 Å². The third-order valence-electron chi connectivity index (χ3n) is 5.74. The summed E-state index contributed by atoms with van der Waals surface area (Å²) in [5.41, 5.74) is 1.93. The van der Waals surface area contributed by atoms with Crippen LogP contribution in [0.5, 0.6) is 0 Å². The number of nitrogens with one attached hydrogen (secondary N) is 1. The van der Waals surface area contributed by atoms with Crippen LogP contribution in [0.25, 0.3) is 10.1 Å². The number of benzene rings is 2. The monoisotopic (exact) mass is 458 g/mol. The van der Waals surface area contributed by atoms with Crippen molar-refractivity contribution in [3.63, 3.8) is 0 Å². The zero-order chi connectivity index (χ0) is 23.2. The lowest BCUT2D eigenvalue weighted by atomic mass is 10.0. The van der Waals surface area contributed by atoms with Crippen LogP contribution in [-0.2, 0) is 12.8 Å². The summed E-state index contributed by atoms with van der Waals surface area (Å²) in [6.07, 6.45) is 3.40. The molecule has 6 heteroatoms. The van der Waals surface area contributed by atoms with Gasteiger partial charge in [0.1, 0.15) is 0 Å². The van der Waals surface area contributed by atoms with Gasteiger partial charge in [-0.3, -0.25) is 9.78 Å². The van der Waals surface area contributed by atoms with E-state index in [1.807, 2.05) is 18.2 Å². The van der Waals surface area contributed by atoms with E-state index >= 15 is 0 Å². The number of likely N-dealkylation sites (N-methyl/N-ethyl adjacent to an activating group) is 1. The third kappa shape index (κ3) is 5.97. The highest BCUT2D eigenvalue weighted by atomic mass is 32.1. The van der Waals surface area contributed by atoms with Gasteiger partial charge in [-0.25, -0.2) is 4.98 Å². The van der Waals surface area contributed by atoms with Crippen molar-refractivity contribution in [3.8, 4) is 0 Å². The molecular formula is C27H30N4OS. The van der Waals surface area contributed by atoms with Crippen molar-refractivity contribution in [1.82, 2.24) is 14.9 Å². The Morgan fingerprint density at radius 3 is 2.58 bits per heavy atom. The largest absolute Gasteiger partial charge is 0.337 e. The van der Waals surface area contributed by atoms with Crippen LogP contribution in [0.4, 0.5) is 5.95 Å². The number of fused-ring (bicyclic) bond motifs is 1. The van der Waals surface area contributed by atoms with Gasteiger partial charge in [-0.15, -0.1) is 17.9 Å². The van der Waals surface area contributed by atoms with Crippen LogP contribution in [0, 0.1) is 0 Å². The number of aromatic amines is 1. The first-order valence-electron chi connectivity index (χ1n) is 11.2. The first kappa shape index (κ1) is 23.0. The van der Waals surface area contributed by atoms with Crippen LogP contribution in [0.2, 0.25) is 0 Å². The van der Waals surface area contributed by atoms with Crippen LogP contribution in [0.1, 0.15) is 16.1 Å². The molecular weight excluding hydrogens is 428 g/mol. The summed E-state index contributed by atoms with van der Waals surface area (Å²) in [4.78, 5) is 25.9. The summed E-state index contributed by atoms with van der Waals surface area (Å²) in [5, 5.41) is 1.23. The topological polar surface area (TPSA) is 52.2 Å². The van der Waals surface area contributed by atoms with Crippen LogP contribution in [0.15, 0.2) is 84.2 Å². The number of hydrogen-bond donors (Lipinski definition) is 1. The van der Waals surface area contributed by atoms with Crippen molar-refractivity contribution in [2.24, 2.45) is 0 Å². The Bertz CT molecular complexity index is 1230. The summed E-state index contributed by atoms with van der Waals surface area (Å²) in [5.74, 6) is 0.596. The fourth-order valence-electron chi connectivity index (χ4n) is 3.99. The zero-order valence-electron chi connectivity index (χ0n) is 19.2. The van der Waals surface area contributed by atoms with Crippen LogP contribution >= 0.6 is 11.3 Å². The molecule has 4 aromatic rings. The van der Waals surface area contributed by atoms with Crippen molar-refractivity contribution in [2.45, 2.75) is 18.9 Å². The molecule has 0 radical (unpaired) electrons. The van der Waals surface area contributed by atoms with Crippen molar-refractivity contribution in [2.75, 3.05) is 32.1 Å². The van der Waals surface area contributed by atoms with E-state index in [-0.39, 0.29) is 11.6 Å². The van der Waals surface area contributed by atoms with Gasteiger partial charge in [0, 0.05) is 41.2 Å². The van der Waals surface area contributed by atoms with E-state index in [4.69, 9.17) is 4.98 Å². The molecule has 2 aromatic heterocycles. The van der Waals surface area contributed by atoms with E-state index in [1.165, 1.54) is 20.5 Å². The fourth-order valence-corrected chi connectivity index (χ4v) is 5.07. The first-order chi connectivity index (χ1) is 16.0. The number of hydrogen-bond acceptors (Lipinski definition) is 5. The highest BCUT2D eigenvalue weighted by Gasteiger charge is 2.19. The predicted molar refractivity (Wildman–Crippen MR) is 140 cm³/mol. The Kier molecular flexibility index (Phi) is 7.37. The number of H-pyrrole nitrogens is 1. The SMILES string of the molecule is C=CCN(C[C@@H](Cc1ccccc1)N(C)C)c1nc(Cc2cc3ccccc3s2)cc(=O)[nH]1. The van der Waals surface area contributed by atoms with E-state index in [2.05, 4.69) is 84.0 Å². The smallest absolute Gasteiger partial charge is 0.252 e. The maximum Gasteiger partial charge on any atom is 0.252 e. The molecule has 170 valence electrons. The van der Waals surface area contributed by atoms with E-state index < -0.39 is 0 Å². The molecule has 2 aromatic carbocycles. The van der Waals surface area contributed by atoms with Crippen molar-refractivity contribution < 1.29 is 0 Å². The Labute approximate surface area is 199 Å². The first-order valence-corrected chi connectivity index (χ1v) is 12.0. The molecule has 0 amide bonds. The minimum absolute atomic E-state index is 0.130. The van der Waals surface area contributed by atoms with Crippen molar-refractivity contribution >= 4 is 27.4 Å². The second kappa shape index (κ2) is 10.6. The van der Waals surface area contributed by atoms with Gasteiger partial charge in [-0.2, -0.15) is 0 Å². The minimum atomic E-state index is -0.130. The normalized spacial score (nSPS) is 12.2. The van der Waals surface area contributed by atoms with Gasteiger partial charge in [0.25, 0.3) is 5.56 Å². The summed E-state index contributed by atoms with van der Waals surface area (Å²) in [6.45, 7) is 5.26. The number of anilines is 1. The molecule has 0 fully saturated rings.